The van der Waals surface area contributed by atoms with Gasteiger partial charge in [-0.2, -0.15) is 0 Å². The summed E-state index contributed by atoms with van der Waals surface area (Å²) in [6, 6.07) is 4.32. The van der Waals surface area contributed by atoms with Gasteiger partial charge in [0.05, 0.1) is 0 Å². The predicted molar refractivity (Wildman–Crippen MR) is 52.3 cm³/mol. The minimum atomic E-state index is 0.593. The molecule has 12 heavy (non-hydrogen) atoms. The molecule has 0 saturated heterocycles. The van der Waals surface area contributed by atoms with Gasteiger partial charge < -0.3 is 0 Å². The van der Waals surface area contributed by atoms with Crippen LogP contribution >= 0.6 is 0 Å². The number of hydrogen-bond donors (Lipinski definition) is 0. The molecule has 1 atom stereocenters. The summed E-state index contributed by atoms with van der Waals surface area (Å²) in [5, 5.41) is 0. The molecule has 1 nitrogen and oxygen atoms in total. The maximum atomic E-state index is 4.42. The predicted octanol–water partition coefficient (Wildman–Crippen LogP) is 3.16. The van der Waals surface area contributed by atoms with Gasteiger partial charge in [-0.3, -0.25) is 4.98 Å². The van der Waals surface area contributed by atoms with E-state index in [1.807, 2.05) is 6.20 Å². The molecule has 0 aliphatic heterocycles. The van der Waals surface area contributed by atoms with Crippen LogP contribution in [0.15, 0.2) is 18.3 Å². The van der Waals surface area contributed by atoms with Crippen molar-refractivity contribution < 1.29 is 0 Å². The fourth-order valence-electron chi connectivity index (χ4n) is 1.15. The van der Waals surface area contributed by atoms with Crippen LogP contribution in [0.3, 0.4) is 0 Å². The van der Waals surface area contributed by atoms with E-state index in [2.05, 4.69) is 37.9 Å². The topological polar surface area (TPSA) is 12.9 Å². The van der Waals surface area contributed by atoms with Gasteiger partial charge in [0.1, 0.15) is 0 Å². The summed E-state index contributed by atoms with van der Waals surface area (Å²) in [5.74, 6) is 0.593. The van der Waals surface area contributed by atoms with E-state index in [0.717, 1.165) is 6.42 Å². The van der Waals surface area contributed by atoms with Gasteiger partial charge in [0.2, 0.25) is 0 Å². The van der Waals surface area contributed by atoms with Crippen LogP contribution in [0.5, 0.6) is 0 Å². The van der Waals surface area contributed by atoms with Crippen LogP contribution in [0.4, 0.5) is 0 Å². The third kappa shape index (κ3) is 2.07. The zero-order valence-electron chi connectivity index (χ0n) is 8.17. The molecule has 1 rings (SSSR count). The van der Waals surface area contributed by atoms with Crippen LogP contribution in [0.25, 0.3) is 0 Å². The molecule has 1 heteroatoms. The van der Waals surface area contributed by atoms with Crippen LogP contribution in [-0.2, 0) is 6.42 Å². The highest BCUT2D eigenvalue weighted by Gasteiger charge is 2.02. The highest BCUT2D eigenvalue weighted by molar-refractivity contribution is 5.16. The van der Waals surface area contributed by atoms with Crippen LogP contribution < -0.4 is 0 Å². The van der Waals surface area contributed by atoms with Gasteiger partial charge in [-0.15, -0.1) is 0 Å². The minimum absolute atomic E-state index is 0.593. The van der Waals surface area contributed by atoms with Crippen molar-refractivity contribution in [3.8, 4) is 0 Å². The van der Waals surface area contributed by atoms with Gasteiger partial charge >= 0.3 is 0 Å². The van der Waals surface area contributed by atoms with Crippen LogP contribution in [0.2, 0.25) is 0 Å². The highest BCUT2D eigenvalue weighted by Crippen LogP contribution is 2.15. The first-order chi connectivity index (χ1) is 5.77. The third-order valence-corrected chi connectivity index (χ3v) is 2.37. The Morgan fingerprint density at radius 3 is 2.50 bits per heavy atom. The highest BCUT2D eigenvalue weighted by atomic mass is 14.7. The van der Waals surface area contributed by atoms with E-state index in [4.69, 9.17) is 0 Å². The number of pyridine rings is 1. The van der Waals surface area contributed by atoms with E-state index in [1.54, 1.807) is 0 Å². The summed E-state index contributed by atoms with van der Waals surface area (Å²) >= 11 is 0. The lowest BCUT2D eigenvalue weighted by Crippen LogP contribution is -1.95. The molecule has 1 aromatic heterocycles. The van der Waals surface area contributed by atoms with E-state index < -0.39 is 0 Å². The Bertz CT molecular complexity index is 225. The van der Waals surface area contributed by atoms with Crippen molar-refractivity contribution in [1.82, 2.24) is 4.98 Å². The molecule has 0 aliphatic carbocycles. The van der Waals surface area contributed by atoms with Gasteiger partial charge in [0, 0.05) is 11.9 Å². The molecule has 0 aliphatic rings. The molecule has 0 aromatic carbocycles. The van der Waals surface area contributed by atoms with Crippen LogP contribution in [0.1, 0.15) is 44.4 Å². The van der Waals surface area contributed by atoms with E-state index >= 15 is 0 Å². The van der Waals surface area contributed by atoms with E-state index in [1.165, 1.54) is 17.7 Å². The van der Waals surface area contributed by atoms with Gasteiger partial charge in [-0.1, -0.05) is 26.8 Å². The number of hydrogen-bond acceptors (Lipinski definition) is 1. The average Bonchev–Trinajstić information content (AvgIpc) is 2.17. The second-order valence-electron chi connectivity index (χ2n) is 3.25. The molecule has 0 spiro atoms. The number of aromatic nitrogens is 1. The summed E-state index contributed by atoms with van der Waals surface area (Å²) < 4.78 is 0. The summed E-state index contributed by atoms with van der Waals surface area (Å²) in [4.78, 5) is 4.42. The fourth-order valence-corrected chi connectivity index (χ4v) is 1.15. The smallest absolute Gasteiger partial charge is 0.0431 e. The molecule has 0 N–H and O–H groups in total. The van der Waals surface area contributed by atoms with Gasteiger partial charge in [-0.25, -0.2) is 0 Å². The van der Waals surface area contributed by atoms with E-state index in [0.29, 0.717) is 5.92 Å². The van der Waals surface area contributed by atoms with E-state index in [-0.39, 0.29) is 0 Å². The molecule has 1 heterocycles. The number of nitrogens with zero attached hydrogens (tertiary/aromatic N) is 1. The maximum Gasteiger partial charge on any atom is 0.0431 e. The monoisotopic (exact) mass is 163 g/mol. The van der Waals surface area contributed by atoms with Crippen molar-refractivity contribution in [3.63, 3.8) is 0 Å². The zero-order chi connectivity index (χ0) is 8.97. The lowest BCUT2D eigenvalue weighted by molar-refractivity contribution is 0.707. The van der Waals surface area contributed by atoms with Crippen molar-refractivity contribution in [2.24, 2.45) is 0 Å². The lowest BCUT2D eigenvalue weighted by atomic mass is 10.0. The summed E-state index contributed by atoms with van der Waals surface area (Å²) in [6.45, 7) is 6.56. The van der Waals surface area contributed by atoms with Crippen molar-refractivity contribution >= 4 is 0 Å². The molecule has 0 bridgehead atoms. The molecular formula is C11H17N. The second-order valence-corrected chi connectivity index (χ2v) is 3.25. The van der Waals surface area contributed by atoms with Crippen LogP contribution in [0, 0.1) is 0 Å². The summed E-state index contributed by atoms with van der Waals surface area (Å²) in [5.41, 5.74) is 2.54. The quantitative estimate of drug-likeness (QED) is 0.667. The Kier molecular flexibility index (Phi) is 3.27. The van der Waals surface area contributed by atoms with E-state index in [9.17, 15) is 0 Å². The van der Waals surface area contributed by atoms with Gasteiger partial charge in [-0.05, 0) is 30.4 Å². The maximum absolute atomic E-state index is 4.42. The minimum Gasteiger partial charge on any atom is -0.261 e. The van der Waals surface area contributed by atoms with Gasteiger partial charge in [0.15, 0.2) is 0 Å². The first kappa shape index (κ1) is 9.24. The Labute approximate surface area is 74.8 Å². The average molecular weight is 163 g/mol. The largest absolute Gasteiger partial charge is 0.261 e. The molecule has 0 saturated carbocycles. The molecule has 0 amide bonds. The molecule has 1 aromatic rings. The number of rotatable bonds is 3. The molecular weight excluding hydrogens is 146 g/mol. The van der Waals surface area contributed by atoms with Crippen molar-refractivity contribution in [2.45, 2.75) is 39.5 Å². The van der Waals surface area contributed by atoms with Crippen LogP contribution in [-0.4, -0.2) is 4.98 Å². The standard InChI is InChI=1S/C11H17N/c1-4-9(3)11-7-6-10(5-2)8-12-11/h6-9H,4-5H2,1-3H3. The molecule has 0 fully saturated rings. The molecule has 1 unspecified atom stereocenters. The third-order valence-electron chi connectivity index (χ3n) is 2.37. The Hall–Kier alpha value is -0.850. The SMILES string of the molecule is CCc1ccc(C(C)CC)nc1. The first-order valence-electron chi connectivity index (χ1n) is 4.72. The number of aryl methyl sites for hydroxylation is 1. The summed E-state index contributed by atoms with van der Waals surface area (Å²) in [7, 11) is 0. The summed E-state index contributed by atoms with van der Waals surface area (Å²) in [6.07, 6.45) is 4.23. The lowest BCUT2D eigenvalue weighted by Gasteiger charge is -2.07. The van der Waals surface area contributed by atoms with Gasteiger partial charge in [0.25, 0.3) is 0 Å². The Morgan fingerprint density at radius 1 is 1.33 bits per heavy atom. The zero-order valence-corrected chi connectivity index (χ0v) is 8.17. The fraction of sp³-hybridized carbons (Fsp3) is 0.545. The van der Waals surface area contributed by atoms with Crippen molar-refractivity contribution in [3.05, 3.63) is 29.6 Å². The van der Waals surface area contributed by atoms with Crippen molar-refractivity contribution in [2.75, 3.05) is 0 Å². The molecule has 0 radical (unpaired) electrons. The second kappa shape index (κ2) is 4.24. The molecule has 66 valence electrons. The Morgan fingerprint density at radius 2 is 2.08 bits per heavy atom. The van der Waals surface area contributed by atoms with Crippen molar-refractivity contribution in [1.29, 1.82) is 0 Å². The first-order valence-corrected chi connectivity index (χ1v) is 4.72. The normalized spacial score (nSPS) is 12.9. The Balaban J connectivity index is 2.77.